The van der Waals surface area contributed by atoms with Crippen LogP contribution in [0.1, 0.15) is 16.7 Å². The molecule has 0 aliphatic carbocycles. The fourth-order valence-electron chi connectivity index (χ4n) is 3.48. The maximum atomic E-state index is 14.0. The predicted molar refractivity (Wildman–Crippen MR) is 120 cm³/mol. The molecule has 13 heteroatoms. The molecular weight excluding hydrogens is 488 g/mol. The van der Waals surface area contributed by atoms with E-state index >= 15 is 0 Å². The minimum atomic E-state index is -4.49. The van der Waals surface area contributed by atoms with Gasteiger partial charge >= 0.3 is 6.18 Å². The summed E-state index contributed by atoms with van der Waals surface area (Å²) in [4.78, 5) is 0.953. The Hall–Kier alpha value is -3.84. The molecule has 0 saturated heterocycles. The van der Waals surface area contributed by atoms with Crippen molar-refractivity contribution >= 4 is 21.4 Å². The lowest BCUT2D eigenvalue weighted by atomic mass is 10.1. The van der Waals surface area contributed by atoms with E-state index in [0.717, 1.165) is 16.9 Å². The molecule has 0 radical (unpaired) electrons. The van der Waals surface area contributed by atoms with Gasteiger partial charge in [-0.05, 0) is 60.2 Å². The maximum Gasteiger partial charge on any atom is 0.416 e. The molecule has 4 aromatic rings. The van der Waals surface area contributed by atoms with Crippen molar-refractivity contribution < 1.29 is 26.0 Å². The summed E-state index contributed by atoms with van der Waals surface area (Å²) in [6, 6.07) is 13.0. The van der Waals surface area contributed by atoms with Gasteiger partial charge in [-0.2, -0.15) is 18.0 Å². The quantitative estimate of drug-likeness (QED) is 0.378. The maximum absolute atomic E-state index is 14.0. The average molecular weight is 506 g/mol. The molecule has 3 aromatic carbocycles. The van der Waals surface area contributed by atoms with Gasteiger partial charge in [-0.1, -0.05) is 18.2 Å². The minimum absolute atomic E-state index is 0.0127. The zero-order chi connectivity index (χ0) is 25.4. The first-order chi connectivity index (χ1) is 16.4. The predicted octanol–water partition coefficient (Wildman–Crippen LogP) is 4.25. The molecule has 0 fully saturated rings. The van der Waals surface area contributed by atoms with E-state index in [2.05, 4.69) is 20.7 Å². The van der Waals surface area contributed by atoms with Gasteiger partial charge in [0.15, 0.2) is 0 Å². The smallest absolute Gasteiger partial charge is 0.355 e. The Kier molecular flexibility index (Phi) is 6.30. The van der Waals surface area contributed by atoms with Crippen molar-refractivity contribution in [1.82, 2.24) is 20.2 Å². The van der Waals surface area contributed by atoms with E-state index in [1.807, 2.05) is 0 Å². The van der Waals surface area contributed by atoms with Crippen LogP contribution in [0, 0.1) is 12.7 Å². The number of rotatable bonds is 6. The molecule has 0 unspecified atom stereocenters. The first-order valence-electron chi connectivity index (χ1n) is 10.1. The van der Waals surface area contributed by atoms with Gasteiger partial charge in [0.25, 0.3) is 0 Å². The van der Waals surface area contributed by atoms with Crippen LogP contribution in [0.4, 0.5) is 28.9 Å². The summed E-state index contributed by atoms with van der Waals surface area (Å²) in [5, 5.41) is 20.4. The number of benzene rings is 3. The van der Waals surface area contributed by atoms with Crippen molar-refractivity contribution in [3.8, 4) is 11.4 Å². The van der Waals surface area contributed by atoms with Crippen LogP contribution in [0.25, 0.3) is 11.4 Å². The molecule has 8 nitrogen and oxygen atoms in total. The third-order valence-corrected chi connectivity index (χ3v) is 6.21. The fourth-order valence-corrected chi connectivity index (χ4v) is 4.27. The molecule has 0 aliphatic rings. The molecule has 4 rings (SSSR count). The Morgan fingerprint density at radius 2 is 1.71 bits per heavy atom. The van der Waals surface area contributed by atoms with E-state index in [-0.39, 0.29) is 28.4 Å². The monoisotopic (exact) mass is 506 g/mol. The van der Waals surface area contributed by atoms with Gasteiger partial charge in [-0.15, -0.1) is 10.2 Å². The van der Waals surface area contributed by atoms with Crippen LogP contribution in [0.15, 0.2) is 65.6 Å². The number of alkyl halides is 3. The highest BCUT2D eigenvalue weighted by Crippen LogP contribution is 2.35. The van der Waals surface area contributed by atoms with Crippen LogP contribution >= 0.6 is 0 Å². The van der Waals surface area contributed by atoms with Gasteiger partial charge < -0.3 is 5.32 Å². The zero-order valence-electron chi connectivity index (χ0n) is 18.1. The van der Waals surface area contributed by atoms with Crippen LogP contribution in [-0.2, 0) is 22.7 Å². The van der Waals surface area contributed by atoms with Crippen LogP contribution in [0.5, 0.6) is 0 Å². The van der Waals surface area contributed by atoms with E-state index < -0.39 is 27.6 Å². The molecular formula is C22H18F4N6O2S. The fraction of sp³-hybridized carbons (Fsp3) is 0.136. The largest absolute Gasteiger partial charge is 0.416 e. The van der Waals surface area contributed by atoms with Crippen molar-refractivity contribution in [2.45, 2.75) is 24.5 Å². The zero-order valence-corrected chi connectivity index (χ0v) is 18.9. The standard InChI is InChI=1S/C22H18F4N6O2S/c1-13-19(35(27,33)34)11-10-18(28-16-8-6-15(7-9-16)22(24,25)26)20(13)21-29-31-32(30-21)12-14-4-2-3-5-17(14)23/h2-11,28H,12H2,1H3,(H2,27,33,34). The summed E-state index contributed by atoms with van der Waals surface area (Å²) in [5.41, 5.74) is 0.531. The van der Waals surface area contributed by atoms with Crippen molar-refractivity contribution in [3.63, 3.8) is 0 Å². The highest BCUT2D eigenvalue weighted by atomic mass is 32.2. The molecule has 0 aliphatic heterocycles. The summed E-state index contributed by atoms with van der Waals surface area (Å²) >= 11 is 0. The highest BCUT2D eigenvalue weighted by molar-refractivity contribution is 7.89. The van der Waals surface area contributed by atoms with Gasteiger partial charge in [-0.3, -0.25) is 0 Å². The molecule has 3 N–H and O–H groups in total. The number of primary sulfonamides is 1. The molecule has 0 amide bonds. The molecule has 0 saturated carbocycles. The van der Waals surface area contributed by atoms with Crippen LogP contribution in [0.3, 0.4) is 0 Å². The van der Waals surface area contributed by atoms with E-state index in [9.17, 15) is 26.0 Å². The second-order valence-corrected chi connectivity index (χ2v) is 9.12. The molecule has 1 heterocycles. The van der Waals surface area contributed by atoms with Crippen molar-refractivity contribution in [2.75, 3.05) is 5.32 Å². The summed E-state index contributed by atoms with van der Waals surface area (Å²) in [5.74, 6) is -0.442. The van der Waals surface area contributed by atoms with E-state index in [1.54, 1.807) is 18.2 Å². The number of halogens is 4. The Balaban J connectivity index is 1.75. The number of nitrogens with zero attached hydrogens (tertiary/aromatic N) is 4. The summed E-state index contributed by atoms with van der Waals surface area (Å²) in [7, 11) is -4.11. The summed E-state index contributed by atoms with van der Waals surface area (Å²) < 4.78 is 76.8. The van der Waals surface area contributed by atoms with Crippen LogP contribution in [-0.4, -0.2) is 28.6 Å². The SMILES string of the molecule is Cc1c(S(N)(=O)=O)ccc(Nc2ccc(C(F)(F)F)cc2)c1-c1nnn(Cc2ccccc2F)n1. The van der Waals surface area contributed by atoms with E-state index in [1.165, 1.54) is 37.3 Å². The first kappa shape index (κ1) is 24.3. The Bertz CT molecular complexity index is 1480. The minimum Gasteiger partial charge on any atom is -0.355 e. The van der Waals surface area contributed by atoms with Crippen molar-refractivity contribution in [3.05, 3.63) is 83.2 Å². The highest BCUT2D eigenvalue weighted by Gasteiger charge is 2.30. The Labute approximate surface area is 197 Å². The second kappa shape index (κ2) is 9.07. The van der Waals surface area contributed by atoms with Crippen LogP contribution < -0.4 is 10.5 Å². The van der Waals surface area contributed by atoms with Crippen LogP contribution in [0.2, 0.25) is 0 Å². The third kappa shape index (κ3) is 5.30. The topological polar surface area (TPSA) is 116 Å². The number of hydrogen-bond acceptors (Lipinski definition) is 6. The number of hydrogen-bond donors (Lipinski definition) is 2. The number of nitrogens with one attached hydrogen (secondary N) is 1. The number of anilines is 2. The Morgan fingerprint density at radius 1 is 1.03 bits per heavy atom. The summed E-state index contributed by atoms with van der Waals surface area (Å²) in [6.07, 6.45) is -4.49. The number of sulfonamides is 1. The van der Waals surface area contributed by atoms with Gasteiger partial charge in [0.2, 0.25) is 15.8 Å². The third-order valence-electron chi connectivity index (χ3n) is 5.16. The number of aromatic nitrogens is 4. The molecule has 35 heavy (non-hydrogen) atoms. The lowest BCUT2D eigenvalue weighted by molar-refractivity contribution is -0.137. The number of nitrogens with two attached hydrogens (primary N) is 1. The molecule has 0 spiro atoms. The molecule has 1 aromatic heterocycles. The molecule has 0 bridgehead atoms. The van der Waals surface area contributed by atoms with Crippen molar-refractivity contribution in [2.24, 2.45) is 5.14 Å². The summed E-state index contributed by atoms with van der Waals surface area (Å²) in [6.45, 7) is 1.46. The van der Waals surface area contributed by atoms with Gasteiger partial charge in [-0.25, -0.2) is 17.9 Å². The van der Waals surface area contributed by atoms with Gasteiger partial charge in [0.05, 0.1) is 28.3 Å². The van der Waals surface area contributed by atoms with Crippen molar-refractivity contribution in [1.29, 1.82) is 0 Å². The first-order valence-corrected chi connectivity index (χ1v) is 11.6. The average Bonchev–Trinajstić information content (AvgIpc) is 3.22. The lowest BCUT2D eigenvalue weighted by Crippen LogP contribution is -2.14. The normalized spacial score (nSPS) is 12.1. The Morgan fingerprint density at radius 3 is 2.34 bits per heavy atom. The lowest BCUT2D eigenvalue weighted by Gasteiger charge is -2.15. The number of tetrazole rings is 1. The van der Waals surface area contributed by atoms with Gasteiger partial charge in [0, 0.05) is 11.3 Å². The molecule has 182 valence electrons. The second-order valence-electron chi connectivity index (χ2n) is 7.59. The van der Waals surface area contributed by atoms with E-state index in [4.69, 9.17) is 5.14 Å². The van der Waals surface area contributed by atoms with Gasteiger partial charge in [0.1, 0.15) is 5.82 Å². The molecule has 0 atom stereocenters. The van der Waals surface area contributed by atoms with E-state index in [0.29, 0.717) is 16.9 Å².